The Bertz CT molecular complexity index is 672. The summed E-state index contributed by atoms with van der Waals surface area (Å²) in [6.07, 6.45) is 3.59. The molecule has 0 aliphatic heterocycles. The molecular formula is C19H24FNO2Si. The summed E-state index contributed by atoms with van der Waals surface area (Å²) in [5.74, 6) is -0.235. The van der Waals surface area contributed by atoms with Crippen LogP contribution in [-0.4, -0.2) is 19.6 Å². The largest absolute Gasteiger partial charge is 0.404 e. The van der Waals surface area contributed by atoms with E-state index in [2.05, 4.69) is 31.9 Å². The highest BCUT2D eigenvalue weighted by atomic mass is 28.4. The van der Waals surface area contributed by atoms with Gasteiger partial charge in [-0.3, -0.25) is 4.98 Å². The molecule has 0 radical (unpaired) electrons. The van der Waals surface area contributed by atoms with E-state index in [0.29, 0.717) is 0 Å². The summed E-state index contributed by atoms with van der Waals surface area (Å²) in [6.45, 7) is 8.47. The van der Waals surface area contributed by atoms with Gasteiger partial charge in [0.15, 0.2) is 14.6 Å². The summed E-state index contributed by atoms with van der Waals surface area (Å²) in [5, 5.41) is 0. The molecule has 0 saturated carbocycles. The highest BCUT2D eigenvalue weighted by Gasteiger charge is 2.35. The van der Waals surface area contributed by atoms with E-state index in [1.165, 1.54) is 12.1 Å². The van der Waals surface area contributed by atoms with Gasteiger partial charge in [-0.2, -0.15) is 0 Å². The van der Waals surface area contributed by atoms with E-state index in [1.807, 2.05) is 12.1 Å². The molecule has 0 bridgehead atoms. The lowest BCUT2D eigenvalue weighted by Crippen LogP contribution is -2.39. The molecule has 0 spiro atoms. The summed E-state index contributed by atoms with van der Waals surface area (Å²) < 4.78 is 19.4. The summed E-state index contributed by atoms with van der Waals surface area (Å²) >= 11 is 0. The van der Waals surface area contributed by atoms with Crippen LogP contribution in [0.15, 0.2) is 48.8 Å². The zero-order chi connectivity index (χ0) is 17.8. The maximum Gasteiger partial charge on any atom is 0.189 e. The molecule has 0 aliphatic carbocycles. The van der Waals surface area contributed by atoms with Crippen LogP contribution >= 0.6 is 0 Å². The van der Waals surface area contributed by atoms with Crippen molar-refractivity contribution in [3.8, 4) is 0 Å². The van der Waals surface area contributed by atoms with Gasteiger partial charge in [0.2, 0.25) is 0 Å². The number of benzene rings is 1. The molecule has 0 fully saturated rings. The molecule has 3 nitrogen and oxygen atoms in total. The van der Waals surface area contributed by atoms with Crippen molar-refractivity contribution in [3.05, 3.63) is 65.7 Å². The molecule has 1 atom stereocenters. The molecule has 0 N–H and O–H groups in total. The van der Waals surface area contributed by atoms with Gasteiger partial charge in [-0.1, -0.05) is 26.0 Å². The Morgan fingerprint density at radius 2 is 1.75 bits per heavy atom. The zero-order valence-corrected chi connectivity index (χ0v) is 15.6. The van der Waals surface area contributed by atoms with E-state index < -0.39 is 14.4 Å². The van der Waals surface area contributed by atoms with Crippen LogP contribution < -0.4 is 0 Å². The number of nitrogens with zero attached hydrogens (tertiary/aromatic N) is 1. The van der Waals surface area contributed by atoms with Crippen LogP contribution in [0.25, 0.3) is 0 Å². The fourth-order valence-corrected chi connectivity index (χ4v) is 6.48. The SMILES string of the molecule is CC(C)(C[Si](C)(C)OC(C=O)c1ccncc1)c1ccc(F)cc1. The minimum Gasteiger partial charge on any atom is -0.404 e. The van der Waals surface area contributed by atoms with E-state index in [0.717, 1.165) is 23.5 Å². The Balaban J connectivity index is 2.14. The molecule has 1 aromatic carbocycles. The Labute approximate surface area is 144 Å². The van der Waals surface area contributed by atoms with Crippen molar-refractivity contribution in [2.45, 2.75) is 44.5 Å². The first-order chi connectivity index (χ1) is 11.2. The molecule has 1 aromatic heterocycles. The second-order valence-electron chi connectivity index (χ2n) is 7.28. The van der Waals surface area contributed by atoms with Crippen molar-refractivity contribution < 1.29 is 13.6 Å². The van der Waals surface area contributed by atoms with Crippen LogP contribution in [0.4, 0.5) is 4.39 Å². The number of rotatable bonds is 7. The molecule has 1 heterocycles. The topological polar surface area (TPSA) is 39.2 Å². The van der Waals surface area contributed by atoms with Crippen molar-refractivity contribution in [3.63, 3.8) is 0 Å². The predicted molar refractivity (Wildman–Crippen MR) is 95.8 cm³/mol. The van der Waals surface area contributed by atoms with E-state index in [4.69, 9.17) is 4.43 Å². The molecule has 5 heteroatoms. The van der Waals surface area contributed by atoms with Crippen LogP contribution in [0, 0.1) is 5.82 Å². The lowest BCUT2D eigenvalue weighted by molar-refractivity contribution is -0.114. The van der Waals surface area contributed by atoms with Gasteiger partial charge in [0.05, 0.1) is 0 Å². The van der Waals surface area contributed by atoms with Crippen LogP contribution in [0.2, 0.25) is 19.1 Å². The van der Waals surface area contributed by atoms with Gasteiger partial charge in [-0.15, -0.1) is 0 Å². The molecule has 0 saturated heterocycles. The predicted octanol–water partition coefficient (Wildman–Crippen LogP) is 4.66. The normalized spacial score (nSPS) is 13.5. The summed E-state index contributed by atoms with van der Waals surface area (Å²) in [7, 11) is -2.15. The third-order valence-electron chi connectivity index (χ3n) is 4.10. The fraction of sp³-hybridized carbons (Fsp3) is 0.368. The van der Waals surface area contributed by atoms with Gasteiger partial charge >= 0.3 is 0 Å². The molecule has 24 heavy (non-hydrogen) atoms. The monoisotopic (exact) mass is 345 g/mol. The van der Waals surface area contributed by atoms with Gasteiger partial charge in [0, 0.05) is 12.4 Å². The lowest BCUT2D eigenvalue weighted by atomic mass is 9.87. The highest BCUT2D eigenvalue weighted by molar-refractivity contribution is 6.71. The molecule has 2 aromatic rings. The first-order valence-corrected chi connectivity index (χ1v) is 11.1. The minimum atomic E-state index is -2.15. The minimum absolute atomic E-state index is 0.158. The van der Waals surface area contributed by atoms with Crippen LogP contribution in [0.3, 0.4) is 0 Å². The molecule has 128 valence electrons. The maximum absolute atomic E-state index is 13.2. The molecule has 0 aliphatic rings. The van der Waals surface area contributed by atoms with Crippen molar-refractivity contribution in [1.29, 1.82) is 0 Å². The van der Waals surface area contributed by atoms with Gasteiger partial charge < -0.3 is 9.22 Å². The zero-order valence-electron chi connectivity index (χ0n) is 14.6. The Hall–Kier alpha value is -1.85. The van der Waals surface area contributed by atoms with E-state index in [9.17, 15) is 9.18 Å². The average Bonchev–Trinajstić information content (AvgIpc) is 2.53. The second-order valence-corrected chi connectivity index (χ2v) is 11.4. The quantitative estimate of drug-likeness (QED) is 0.541. The van der Waals surface area contributed by atoms with E-state index in [1.54, 1.807) is 24.5 Å². The molecule has 1 unspecified atom stereocenters. The summed E-state index contributed by atoms with van der Waals surface area (Å²) in [5.41, 5.74) is 1.73. The smallest absolute Gasteiger partial charge is 0.189 e. The Kier molecular flexibility index (Phi) is 5.67. The van der Waals surface area contributed by atoms with Gasteiger partial charge in [0.1, 0.15) is 11.9 Å². The van der Waals surface area contributed by atoms with Crippen molar-refractivity contribution >= 4 is 14.6 Å². The second kappa shape index (κ2) is 7.36. The van der Waals surface area contributed by atoms with Crippen LogP contribution in [0.5, 0.6) is 0 Å². The molecular weight excluding hydrogens is 321 g/mol. The molecule has 2 rings (SSSR count). The van der Waals surface area contributed by atoms with E-state index in [-0.39, 0.29) is 11.2 Å². The number of hydrogen-bond donors (Lipinski definition) is 0. The third kappa shape index (κ3) is 4.82. The van der Waals surface area contributed by atoms with Crippen molar-refractivity contribution in [2.75, 3.05) is 0 Å². The first kappa shape index (κ1) is 18.5. The highest BCUT2D eigenvalue weighted by Crippen LogP contribution is 2.35. The Morgan fingerprint density at radius 3 is 2.29 bits per heavy atom. The number of aldehydes is 1. The number of hydrogen-bond acceptors (Lipinski definition) is 3. The fourth-order valence-electron chi connectivity index (χ4n) is 3.18. The summed E-state index contributed by atoms with van der Waals surface area (Å²) in [6, 6.07) is 11.0. The average molecular weight is 345 g/mol. The Morgan fingerprint density at radius 1 is 1.17 bits per heavy atom. The van der Waals surface area contributed by atoms with Crippen molar-refractivity contribution in [2.24, 2.45) is 0 Å². The van der Waals surface area contributed by atoms with Gasteiger partial charge in [-0.05, 0) is 59.9 Å². The maximum atomic E-state index is 13.2. The number of carbonyl (C=O) groups is 1. The standard InChI is InChI=1S/C19H24FNO2Si/c1-19(2,16-5-7-17(20)8-6-16)14-24(3,4)23-18(13-22)15-9-11-21-12-10-15/h5-13,18H,14H2,1-4H3. The van der Waals surface area contributed by atoms with Crippen molar-refractivity contribution in [1.82, 2.24) is 4.98 Å². The van der Waals surface area contributed by atoms with Gasteiger partial charge in [0.25, 0.3) is 0 Å². The number of halogens is 1. The van der Waals surface area contributed by atoms with Crippen LogP contribution in [0.1, 0.15) is 31.1 Å². The van der Waals surface area contributed by atoms with Crippen LogP contribution in [-0.2, 0) is 14.6 Å². The number of carbonyl (C=O) groups excluding carboxylic acids is 1. The third-order valence-corrected chi connectivity index (χ3v) is 6.72. The number of pyridine rings is 1. The first-order valence-electron chi connectivity index (χ1n) is 8.03. The van der Waals surface area contributed by atoms with Gasteiger partial charge in [-0.25, -0.2) is 4.39 Å². The van der Waals surface area contributed by atoms with E-state index >= 15 is 0 Å². The number of aromatic nitrogens is 1. The molecule has 0 amide bonds. The lowest BCUT2D eigenvalue weighted by Gasteiger charge is -2.35. The summed E-state index contributed by atoms with van der Waals surface area (Å²) in [4.78, 5) is 15.5.